The average Bonchev–Trinajstić information content (AvgIpc) is 3.75. The number of carboxylic acids is 1. The second-order valence-corrected chi connectivity index (χ2v) is 16.0. The Bertz CT molecular complexity index is 1270. The van der Waals surface area contributed by atoms with Gasteiger partial charge in [-0.05, 0) is 85.3 Å². The topological polar surface area (TPSA) is 79.7 Å². The molecule has 0 amide bonds. The van der Waals surface area contributed by atoms with Gasteiger partial charge < -0.3 is 14.6 Å². The lowest BCUT2D eigenvalue weighted by atomic mass is 9.41. The molecule has 44 heavy (non-hydrogen) atoms. The number of ether oxygens (including phenoxy) is 1. The van der Waals surface area contributed by atoms with Gasteiger partial charge in [0.15, 0.2) is 0 Å². The predicted molar refractivity (Wildman–Crippen MR) is 171 cm³/mol. The molecule has 1 saturated heterocycles. The van der Waals surface area contributed by atoms with Crippen molar-refractivity contribution >= 4 is 12.3 Å². The summed E-state index contributed by atoms with van der Waals surface area (Å²) in [6, 6.07) is 4.16. The highest BCUT2D eigenvalue weighted by molar-refractivity contribution is 5.90. The quantitative estimate of drug-likeness (QED) is 0.226. The number of aromatic nitrogens is 1. The first-order valence-corrected chi connectivity index (χ1v) is 17.9. The van der Waals surface area contributed by atoms with Crippen LogP contribution in [-0.4, -0.2) is 52.5 Å². The van der Waals surface area contributed by atoms with Gasteiger partial charge in [-0.2, -0.15) is 0 Å². The number of carboxylic acid groups (broad SMARTS) is 1. The molecule has 0 spiro atoms. The third kappa shape index (κ3) is 4.08. The molecule has 1 aliphatic heterocycles. The van der Waals surface area contributed by atoms with Gasteiger partial charge in [-0.15, -0.1) is 0 Å². The van der Waals surface area contributed by atoms with Crippen LogP contribution in [0.4, 0.5) is 0 Å². The fourth-order valence-electron chi connectivity index (χ4n) is 12.5. The van der Waals surface area contributed by atoms with E-state index < -0.39 is 22.2 Å². The summed E-state index contributed by atoms with van der Waals surface area (Å²) in [4.78, 5) is 34.6. The normalized spacial score (nSPS) is 43.0. The van der Waals surface area contributed by atoms with E-state index >= 15 is 0 Å². The van der Waals surface area contributed by atoms with Gasteiger partial charge in [0.2, 0.25) is 0 Å². The minimum Gasteiger partial charge on any atom is -0.481 e. The van der Waals surface area contributed by atoms with E-state index in [0.717, 1.165) is 57.2 Å². The molecule has 6 heteroatoms. The highest BCUT2D eigenvalue weighted by Gasteiger charge is 2.86. The first kappa shape index (κ1) is 30.6. The number of carbonyl (C=O) groups is 2. The van der Waals surface area contributed by atoms with E-state index in [4.69, 9.17) is 4.74 Å². The van der Waals surface area contributed by atoms with Crippen molar-refractivity contribution in [2.24, 2.45) is 57.7 Å². The van der Waals surface area contributed by atoms with Crippen molar-refractivity contribution in [3.05, 3.63) is 41.7 Å². The Hall–Kier alpha value is -2.05. The molecular weight excluding hydrogens is 548 g/mol. The van der Waals surface area contributed by atoms with Gasteiger partial charge in [-0.1, -0.05) is 83.9 Å². The number of aliphatic carboxylic acids is 1. The molecule has 2 heterocycles. The van der Waals surface area contributed by atoms with Crippen LogP contribution in [0.3, 0.4) is 0 Å². The van der Waals surface area contributed by atoms with Gasteiger partial charge in [-0.25, -0.2) is 0 Å². The number of likely N-dealkylation sites (N-methyl/N-ethyl adjacent to an activating group) is 1. The number of fused-ring (bicyclic) bond motifs is 2. The maximum Gasteiger partial charge on any atom is 0.315 e. The lowest BCUT2D eigenvalue weighted by Gasteiger charge is -2.60. The highest BCUT2D eigenvalue weighted by Crippen LogP contribution is 2.84. The van der Waals surface area contributed by atoms with Gasteiger partial charge in [0, 0.05) is 30.9 Å². The van der Waals surface area contributed by atoms with Crippen molar-refractivity contribution in [3.8, 4) is 0 Å². The van der Waals surface area contributed by atoms with E-state index in [0.29, 0.717) is 30.1 Å². The molecule has 4 bridgehead atoms. The van der Waals surface area contributed by atoms with E-state index in [9.17, 15) is 14.7 Å². The summed E-state index contributed by atoms with van der Waals surface area (Å²) in [7, 11) is 0. The largest absolute Gasteiger partial charge is 0.481 e. The first-order chi connectivity index (χ1) is 21.2. The molecule has 0 aromatic carbocycles. The van der Waals surface area contributed by atoms with E-state index in [1.165, 1.54) is 37.7 Å². The predicted octanol–water partition coefficient (Wildman–Crippen LogP) is 7.18. The second-order valence-electron chi connectivity index (χ2n) is 16.0. The number of pyridine rings is 1. The number of carbonyl (C=O) groups excluding carboxylic acids is 1. The number of allylic oxidation sites excluding steroid dienone is 1. The Morgan fingerprint density at radius 2 is 1.95 bits per heavy atom. The van der Waals surface area contributed by atoms with Crippen LogP contribution < -0.4 is 0 Å². The average molecular weight is 603 g/mol. The number of rotatable bonds is 10. The lowest BCUT2D eigenvalue weighted by Crippen LogP contribution is -2.65. The maximum atomic E-state index is 14.1. The van der Waals surface area contributed by atoms with E-state index in [1.54, 1.807) is 0 Å². The number of hydrogen-bond donors (Lipinski definition) is 1. The van der Waals surface area contributed by atoms with Crippen LogP contribution in [0.1, 0.15) is 97.5 Å². The summed E-state index contributed by atoms with van der Waals surface area (Å²) in [5, 5.41) is 11.6. The lowest BCUT2D eigenvalue weighted by molar-refractivity contribution is -0.197. The highest BCUT2D eigenvalue weighted by atomic mass is 16.5. The SMILES string of the molecule is CCN(Cc1cccnc1)C[C@@H]1O[C@@H](C23C[C@@H]4[C@H](C)CC[C@H]4C4(C=O)CC2C=C(C(C)C)[C@]43C(=O)O)C[C@H]1C1CCCCC1. The Balaban J connectivity index is 1.30. The van der Waals surface area contributed by atoms with Crippen molar-refractivity contribution in [1.29, 1.82) is 0 Å². The van der Waals surface area contributed by atoms with Gasteiger partial charge >= 0.3 is 5.97 Å². The summed E-state index contributed by atoms with van der Waals surface area (Å²) < 4.78 is 7.45. The smallest absolute Gasteiger partial charge is 0.315 e. The minimum atomic E-state index is -1.16. The molecule has 1 aromatic rings. The summed E-state index contributed by atoms with van der Waals surface area (Å²) in [6.45, 7) is 11.5. The van der Waals surface area contributed by atoms with Gasteiger partial charge in [-0.3, -0.25) is 14.7 Å². The van der Waals surface area contributed by atoms with Gasteiger partial charge in [0.25, 0.3) is 0 Å². The van der Waals surface area contributed by atoms with Crippen molar-refractivity contribution in [3.63, 3.8) is 0 Å². The molecule has 1 N–H and O–H groups in total. The molecule has 10 atom stereocenters. The van der Waals surface area contributed by atoms with Gasteiger partial charge in [0.05, 0.1) is 17.6 Å². The molecule has 240 valence electrons. The van der Waals surface area contributed by atoms with E-state index in [1.807, 2.05) is 18.5 Å². The standard InChI is InChI=1S/C38H54N2O4/c1-5-40(21-26-10-9-15-39-20-26)22-33-29(27-11-7-6-8-12-27)17-34(44-33)37-19-30-25(4)13-14-31(30)36(23-41)18-28(37)16-32(24(2)3)38(36,37)35(42)43/h9-10,15-16,20,23-25,27-31,33-34H,5-8,11-14,17-19,21-22H2,1-4H3,(H,42,43)/t25-,28?,29+,30-,31-,33+,34-,36?,37?,38+/m1/s1. The van der Waals surface area contributed by atoms with Crippen molar-refractivity contribution in [2.75, 3.05) is 13.1 Å². The molecule has 1 aromatic heterocycles. The van der Waals surface area contributed by atoms with Crippen LogP contribution in [0.5, 0.6) is 0 Å². The van der Waals surface area contributed by atoms with Crippen molar-refractivity contribution < 1.29 is 19.4 Å². The van der Waals surface area contributed by atoms with Crippen LogP contribution in [-0.2, 0) is 20.9 Å². The number of hydrogen-bond acceptors (Lipinski definition) is 5. The molecule has 7 rings (SSSR count). The molecule has 0 radical (unpaired) electrons. The van der Waals surface area contributed by atoms with Crippen LogP contribution in [0.2, 0.25) is 0 Å². The third-order valence-corrected chi connectivity index (χ3v) is 14.1. The van der Waals surface area contributed by atoms with Crippen LogP contribution >= 0.6 is 0 Å². The zero-order valence-corrected chi connectivity index (χ0v) is 27.4. The molecule has 6 aliphatic rings. The zero-order valence-electron chi connectivity index (χ0n) is 27.4. The molecule has 5 fully saturated rings. The van der Waals surface area contributed by atoms with Crippen LogP contribution in [0.15, 0.2) is 36.2 Å². The Morgan fingerprint density at radius 1 is 1.16 bits per heavy atom. The molecule has 4 saturated carbocycles. The third-order valence-electron chi connectivity index (χ3n) is 14.1. The molecule has 5 aliphatic carbocycles. The molecule has 3 unspecified atom stereocenters. The number of aldehydes is 1. The zero-order chi connectivity index (χ0) is 30.9. The summed E-state index contributed by atoms with van der Waals surface area (Å²) >= 11 is 0. The second kappa shape index (κ2) is 11.3. The maximum absolute atomic E-state index is 14.1. The Labute approximate surface area is 264 Å². The monoisotopic (exact) mass is 602 g/mol. The first-order valence-electron chi connectivity index (χ1n) is 17.9. The fourth-order valence-corrected chi connectivity index (χ4v) is 12.5. The van der Waals surface area contributed by atoms with Crippen molar-refractivity contribution in [1.82, 2.24) is 9.88 Å². The van der Waals surface area contributed by atoms with Crippen LogP contribution in [0.25, 0.3) is 0 Å². The minimum absolute atomic E-state index is 0.0757. The Morgan fingerprint density at radius 3 is 2.61 bits per heavy atom. The molecular formula is C38H54N2O4. The van der Waals surface area contributed by atoms with E-state index in [-0.39, 0.29) is 30.0 Å². The van der Waals surface area contributed by atoms with Crippen LogP contribution in [0, 0.1) is 57.7 Å². The van der Waals surface area contributed by atoms with Gasteiger partial charge in [0.1, 0.15) is 11.7 Å². The fraction of sp³-hybridized carbons (Fsp3) is 0.763. The molecule has 6 nitrogen and oxygen atoms in total. The summed E-state index contributed by atoms with van der Waals surface area (Å²) in [6.07, 6.45) is 18.2. The van der Waals surface area contributed by atoms with Crippen molar-refractivity contribution in [2.45, 2.75) is 111 Å². The Kier molecular flexibility index (Phi) is 7.88. The summed E-state index contributed by atoms with van der Waals surface area (Å²) in [5.41, 5.74) is -0.308. The number of nitrogens with zero attached hydrogens (tertiary/aromatic N) is 2. The van der Waals surface area contributed by atoms with E-state index in [2.05, 4.69) is 49.7 Å². The summed E-state index contributed by atoms with van der Waals surface area (Å²) in [5.74, 6) is 1.55.